The molecule has 1 atom stereocenters. The number of rotatable bonds is 5. The lowest BCUT2D eigenvalue weighted by molar-refractivity contribution is -0.145. The Balaban J connectivity index is 2.29. The van der Waals surface area contributed by atoms with E-state index in [4.69, 9.17) is 16.3 Å². The summed E-state index contributed by atoms with van der Waals surface area (Å²) < 4.78 is 5.89. The lowest BCUT2D eigenvalue weighted by atomic mass is 9.86. The highest BCUT2D eigenvalue weighted by Gasteiger charge is 2.25. The highest BCUT2D eigenvalue weighted by atomic mass is 35.5. The largest absolute Gasteiger partial charge is 0.478 e. The Kier molecular flexibility index (Phi) is 5.55. The molecule has 0 amide bonds. The minimum Gasteiger partial charge on any atom is -0.478 e. The highest BCUT2D eigenvalue weighted by molar-refractivity contribution is 6.30. The zero-order valence-electron chi connectivity index (χ0n) is 14.5. The van der Waals surface area contributed by atoms with Gasteiger partial charge in [-0.25, -0.2) is 4.79 Å². The fourth-order valence-corrected chi connectivity index (χ4v) is 2.84. The number of aryl methyl sites for hydroxylation is 1. The van der Waals surface area contributed by atoms with Crippen molar-refractivity contribution in [1.82, 2.24) is 0 Å². The molecule has 0 saturated heterocycles. The third kappa shape index (κ3) is 4.51. The number of benzene rings is 2. The Morgan fingerprint density at radius 3 is 2.46 bits per heavy atom. The third-order valence-electron chi connectivity index (χ3n) is 3.95. The molecule has 1 N–H and O–H groups in total. The third-order valence-corrected chi connectivity index (χ3v) is 4.18. The summed E-state index contributed by atoms with van der Waals surface area (Å²) in [7, 11) is 0. The van der Waals surface area contributed by atoms with Gasteiger partial charge in [-0.05, 0) is 47.2 Å². The molecular formula is C20H23ClO3. The molecule has 24 heavy (non-hydrogen) atoms. The monoisotopic (exact) mass is 346 g/mol. The minimum absolute atomic E-state index is 0.129. The number of carboxylic acid groups (broad SMARTS) is 1. The Hall–Kier alpha value is -2.00. The Morgan fingerprint density at radius 2 is 1.88 bits per heavy atom. The van der Waals surface area contributed by atoms with Crippen LogP contribution < -0.4 is 4.74 Å². The van der Waals surface area contributed by atoms with Crippen molar-refractivity contribution >= 4 is 17.6 Å². The van der Waals surface area contributed by atoms with Gasteiger partial charge < -0.3 is 9.84 Å². The first-order valence-corrected chi connectivity index (χ1v) is 8.30. The molecule has 0 fully saturated rings. The SMILES string of the molecule is Cc1cc(Cl)ccc1C[C@H](Oc1ccccc1C(C)(C)C)C(=O)O. The molecule has 3 nitrogen and oxygen atoms in total. The summed E-state index contributed by atoms with van der Waals surface area (Å²) in [5.41, 5.74) is 2.74. The molecule has 2 rings (SSSR count). The van der Waals surface area contributed by atoms with Crippen molar-refractivity contribution in [2.75, 3.05) is 0 Å². The van der Waals surface area contributed by atoms with E-state index in [2.05, 4.69) is 20.8 Å². The molecule has 0 bridgehead atoms. The quantitative estimate of drug-likeness (QED) is 0.826. The predicted octanol–water partition coefficient (Wildman–Crippen LogP) is 5.02. The average Bonchev–Trinajstić information content (AvgIpc) is 2.48. The van der Waals surface area contributed by atoms with Crippen LogP contribution in [0, 0.1) is 6.92 Å². The lowest BCUT2D eigenvalue weighted by Crippen LogP contribution is -2.30. The Morgan fingerprint density at radius 1 is 1.21 bits per heavy atom. The molecule has 0 aromatic heterocycles. The lowest BCUT2D eigenvalue weighted by Gasteiger charge is -2.25. The summed E-state index contributed by atoms with van der Waals surface area (Å²) >= 11 is 5.97. The van der Waals surface area contributed by atoms with Crippen LogP contribution in [0.2, 0.25) is 5.02 Å². The molecular weight excluding hydrogens is 324 g/mol. The number of carbonyl (C=O) groups is 1. The summed E-state index contributed by atoms with van der Waals surface area (Å²) in [6.07, 6.45) is -0.662. The second kappa shape index (κ2) is 7.27. The van der Waals surface area contributed by atoms with Crippen LogP contribution in [0.15, 0.2) is 42.5 Å². The first kappa shape index (κ1) is 18.3. The molecule has 2 aromatic carbocycles. The van der Waals surface area contributed by atoms with E-state index in [1.807, 2.05) is 43.3 Å². The van der Waals surface area contributed by atoms with Crippen LogP contribution in [0.5, 0.6) is 5.75 Å². The zero-order valence-corrected chi connectivity index (χ0v) is 15.2. The minimum atomic E-state index is -0.979. The van der Waals surface area contributed by atoms with Gasteiger partial charge in [0.25, 0.3) is 0 Å². The number of hydrogen-bond acceptors (Lipinski definition) is 2. The van der Waals surface area contributed by atoms with Gasteiger partial charge in [0.15, 0.2) is 6.10 Å². The van der Waals surface area contributed by atoms with Crippen molar-refractivity contribution in [1.29, 1.82) is 0 Å². The predicted molar refractivity (Wildman–Crippen MR) is 97.1 cm³/mol. The second-order valence-electron chi connectivity index (χ2n) is 6.97. The fraction of sp³-hybridized carbons (Fsp3) is 0.350. The van der Waals surface area contributed by atoms with E-state index in [0.717, 1.165) is 16.7 Å². The topological polar surface area (TPSA) is 46.5 Å². The number of aliphatic carboxylic acids is 1. The van der Waals surface area contributed by atoms with Crippen molar-refractivity contribution in [2.24, 2.45) is 0 Å². The van der Waals surface area contributed by atoms with Gasteiger partial charge in [-0.3, -0.25) is 0 Å². The van der Waals surface area contributed by atoms with E-state index in [1.165, 1.54) is 0 Å². The smallest absolute Gasteiger partial charge is 0.345 e. The summed E-state index contributed by atoms with van der Waals surface area (Å²) in [6.45, 7) is 8.15. The number of carboxylic acids is 1. The summed E-state index contributed by atoms with van der Waals surface area (Å²) in [4.78, 5) is 11.7. The van der Waals surface area contributed by atoms with Crippen molar-refractivity contribution in [3.63, 3.8) is 0 Å². The van der Waals surface area contributed by atoms with Crippen LogP contribution in [0.3, 0.4) is 0 Å². The molecule has 2 aromatic rings. The van der Waals surface area contributed by atoms with E-state index in [-0.39, 0.29) is 11.8 Å². The molecule has 0 aliphatic heterocycles. The van der Waals surface area contributed by atoms with Crippen molar-refractivity contribution in [2.45, 2.75) is 45.6 Å². The number of hydrogen-bond donors (Lipinski definition) is 1. The molecule has 0 aliphatic carbocycles. The summed E-state index contributed by atoms with van der Waals surface area (Å²) in [5.74, 6) is -0.364. The molecule has 0 saturated carbocycles. The fourth-order valence-electron chi connectivity index (χ4n) is 2.61. The van der Waals surface area contributed by atoms with Gasteiger partial charge in [0, 0.05) is 11.4 Å². The maximum atomic E-state index is 11.7. The normalized spacial score (nSPS) is 12.7. The molecule has 128 valence electrons. The van der Waals surface area contributed by atoms with Gasteiger partial charge >= 0.3 is 5.97 Å². The van der Waals surface area contributed by atoms with E-state index in [9.17, 15) is 9.90 Å². The van der Waals surface area contributed by atoms with Gasteiger partial charge in [-0.1, -0.05) is 56.6 Å². The first-order valence-electron chi connectivity index (χ1n) is 7.92. The van der Waals surface area contributed by atoms with Crippen LogP contribution in [-0.2, 0) is 16.6 Å². The van der Waals surface area contributed by atoms with Crippen LogP contribution in [0.1, 0.15) is 37.5 Å². The van der Waals surface area contributed by atoms with E-state index >= 15 is 0 Å². The molecule has 0 radical (unpaired) electrons. The van der Waals surface area contributed by atoms with Gasteiger partial charge in [0.2, 0.25) is 0 Å². The first-order chi connectivity index (χ1) is 11.2. The van der Waals surface area contributed by atoms with Crippen molar-refractivity contribution in [3.8, 4) is 5.75 Å². The zero-order chi connectivity index (χ0) is 17.9. The maximum absolute atomic E-state index is 11.7. The summed E-state index contributed by atoms with van der Waals surface area (Å²) in [5, 5.41) is 10.2. The second-order valence-corrected chi connectivity index (χ2v) is 7.40. The van der Waals surface area contributed by atoms with Crippen LogP contribution in [0.4, 0.5) is 0 Å². The van der Waals surface area contributed by atoms with Crippen molar-refractivity contribution < 1.29 is 14.6 Å². The van der Waals surface area contributed by atoms with Crippen molar-refractivity contribution in [3.05, 3.63) is 64.2 Å². The number of para-hydroxylation sites is 1. The molecule has 0 unspecified atom stereocenters. The maximum Gasteiger partial charge on any atom is 0.345 e. The van der Waals surface area contributed by atoms with Crippen LogP contribution in [0.25, 0.3) is 0 Å². The molecule has 0 heterocycles. The van der Waals surface area contributed by atoms with Crippen LogP contribution in [-0.4, -0.2) is 17.2 Å². The highest BCUT2D eigenvalue weighted by Crippen LogP contribution is 2.32. The number of ether oxygens (including phenoxy) is 1. The van der Waals surface area contributed by atoms with Gasteiger partial charge in [-0.15, -0.1) is 0 Å². The Bertz CT molecular complexity index is 732. The standard InChI is InChI=1S/C20H23ClO3/c1-13-11-15(21)10-9-14(13)12-18(19(22)23)24-17-8-6-5-7-16(17)20(2,3)4/h5-11,18H,12H2,1-4H3,(H,22,23)/t18-/m0/s1. The van der Waals surface area contributed by atoms with Crippen LogP contribution >= 0.6 is 11.6 Å². The molecule has 0 aliphatic rings. The summed E-state index contributed by atoms with van der Waals surface area (Å²) in [6, 6.07) is 13.0. The van der Waals surface area contributed by atoms with Gasteiger partial charge in [0.05, 0.1) is 0 Å². The van der Waals surface area contributed by atoms with E-state index in [0.29, 0.717) is 10.8 Å². The average molecular weight is 347 g/mol. The molecule has 4 heteroatoms. The van der Waals surface area contributed by atoms with E-state index in [1.54, 1.807) is 6.07 Å². The number of halogens is 1. The molecule has 0 spiro atoms. The Labute approximate surface area is 148 Å². The van der Waals surface area contributed by atoms with E-state index < -0.39 is 12.1 Å². The van der Waals surface area contributed by atoms with Gasteiger partial charge in [-0.2, -0.15) is 0 Å². The van der Waals surface area contributed by atoms with Gasteiger partial charge in [0.1, 0.15) is 5.75 Å².